The average molecular weight is 410 g/mol. The van der Waals surface area contributed by atoms with Crippen molar-refractivity contribution >= 4 is 6.03 Å². The molecule has 2 amide bonds. The summed E-state index contributed by atoms with van der Waals surface area (Å²) in [6.45, 7) is 1.70. The van der Waals surface area contributed by atoms with Crippen LogP contribution in [0, 0.1) is 11.7 Å². The lowest BCUT2D eigenvalue weighted by molar-refractivity contribution is 0.206. The first kappa shape index (κ1) is 19.9. The van der Waals surface area contributed by atoms with Gasteiger partial charge in [-0.3, -0.25) is 0 Å². The molecule has 1 aliphatic heterocycles. The number of halogens is 1. The standard InChI is InChI=1S/C22H23FN4O3/c1-29-19-8-4-17(5-9-19)21-25-20(26-30-21)12-16-10-11-27(14-16)22(28)24-13-15-2-6-18(23)7-3-15/h2-9,16H,10-14H2,1H3,(H,24,28). The third-order valence-corrected chi connectivity index (χ3v) is 5.21. The molecule has 4 rings (SSSR count). The van der Waals surface area contributed by atoms with Crippen molar-refractivity contribution in [2.24, 2.45) is 5.92 Å². The van der Waals surface area contributed by atoms with Crippen molar-refractivity contribution in [2.45, 2.75) is 19.4 Å². The van der Waals surface area contributed by atoms with Crippen molar-refractivity contribution in [1.29, 1.82) is 0 Å². The van der Waals surface area contributed by atoms with Crippen LogP contribution in [0.4, 0.5) is 9.18 Å². The Morgan fingerprint density at radius 2 is 2.00 bits per heavy atom. The van der Waals surface area contributed by atoms with E-state index in [1.165, 1.54) is 12.1 Å². The van der Waals surface area contributed by atoms with Crippen LogP contribution in [-0.2, 0) is 13.0 Å². The van der Waals surface area contributed by atoms with Gasteiger partial charge in [0.25, 0.3) is 5.89 Å². The minimum absolute atomic E-state index is 0.117. The largest absolute Gasteiger partial charge is 0.497 e. The number of amides is 2. The maximum Gasteiger partial charge on any atom is 0.317 e. The highest BCUT2D eigenvalue weighted by Gasteiger charge is 2.27. The molecule has 156 valence electrons. The predicted octanol–water partition coefficient (Wildman–Crippen LogP) is 3.66. The number of carbonyl (C=O) groups excluding carboxylic acids is 1. The fourth-order valence-corrected chi connectivity index (χ4v) is 3.52. The average Bonchev–Trinajstić information content (AvgIpc) is 3.43. The number of urea groups is 1. The second-order valence-electron chi connectivity index (χ2n) is 7.33. The quantitative estimate of drug-likeness (QED) is 0.671. The molecule has 1 aromatic heterocycles. The number of hydrogen-bond donors (Lipinski definition) is 1. The van der Waals surface area contributed by atoms with E-state index in [1.54, 1.807) is 24.1 Å². The molecule has 30 heavy (non-hydrogen) atoms. The first-order valence-corrected chi connectivity index (χ1v) is 9.85. The Morgan fingerprint density at radius 3 is 2.73 bits per heavy atom. The third-order valence-electron chi connectivity index (χ3n) is 5.21. The Labute approximate surface area is 173 Å². The summed E-state index contributed by atoms with van der Waals surface area (Å²) in [5, 5.41) is 6.97. The van der Waals surface area contributed by atoms with E-state index in [2.05, 4.69) is 15.5 Å². The molecule has 0 spiro atoms. The minimum atomic E-state index is -0.288. The van der Waals surface area contributed by atoms with Crippen LogP contribution >= 0.6 is 0 Å². The van der Waals surface area contributed by atoms with Gasteiger partial charge in [-0.1, -0.05) is 17.3 Å². The fourth-order valence-electron chi connectivity index (χ4n) is 3.52. The molecule has 0 radical (unpaired) electrons. The summed E-state index contributed by atoms with van der Waals surface area (Å²) >= 11 is 0. The summed E-state index contributed by atoms with van der Waals surface area (Å²) in [5.41, 5.74) is 1.70. The van der Waals surface area contributed by atoms with Crippen molar-refractivity contribution < 1.29 is 18.4 Å². The van der Waals surface area contributed by atoms with Crippen molar-refractivity contribution in [1.82, 2.24) is 20.4 Å². The first-order valence-electron chi connectivity index (χ1n) is 9.85. The van der Waals surface area contributed by atoms with Gasteiger partial charge in [-0.05, 0) is 54.3 Å². The summed E-state index contributed by atoms with van der Waals surface area (Å²) in [6, 6.07) is 13.4. The van der Waals surface area contributed by atoms with E-state index >= 15 is 0 Å². The Hall–Kier alpha value is -3.42. The molecule has 2 aromatic carbocycles. The van der Waals surface area contributed by atoms with Crippen LogP contribution in [-0.4, -0.2) is 41.3 Å². The molecule has 7 nitrogen and oxygen atoms in total. The number of ether oxygens (including phenoxy) is 1. The summed E-state index contributed by atoms with van der Waals surface area (Å²) in [7, 11) is 1.62. The van der Waals surface area contributed by atoms with Crippen LogP contribution in [0.15, 0.2) is 53.1 Å². The van der Waals surface area contributed by atoms with Gasteiger partial charge in [0.1, 0.15) is 11.6 Å². The number of rotatable bonds is 6. The van der Waals surface area contributed by atoms with Gasteiger partial charge in [-0.2, -0.15) is 4.98 Å². The van der Waals surface area contributed by atoms with Gasteiger partial charge in [0.2, 0.25) is 0 Å². The Kier molecular flexibility index (Phi) is 5.92. The highest BCUT2D eigenvalue weighted by Crippen LogP contribution is 2.23. The second kappa shape index (κ2) is 8.94. The smallest absolute Gasteiger partial charge is 0.317 e. The molecule has 0 saturated carbocycles. The lowest BCUT2D eigenvalue weighted by Crippen LogP contribution is -2.38. The van der Waals surface area contributed by atoms with Crippen LogP contribution in [0.2, 0.25) is 0 Å². The zero-order valence-corrected chi connectivity index (χ0v) is 16.7. The number of nitrogens with one attached hydrogen (secondary N) is 1. The zero-order valence-electron chi connectivity index (χ0n) is 16.7. The highest BCUT2D eigenvalue weighted by molar-refractivity contribution is 5.74. The maximum atomic E-state index is 13.0. The van der Waals surface area contributed by atoms with Crippen LogP contribution in [0.5, 0.6) is 5.75 Å². The SMILES string of the molecule is COc1ccc(-c2nc(CC3CCN(C(=O)NCc4ccc(F)cc4)C3)no2)cc1. The second-order valence-corrected chi connectivity index (χ2v) is 7.33. The van der Waals surface area contributed by atoms with Gasteiger partial charge >= 0.3 is 6.03 Å². The normalized spacial score (nSPS) is 15.9. The number of hydrogen-bond acceptors (Lipinski definition) is 5. The zero-order chi connectivity index (χ0) is 20.9. The number of likely N-dealkylation sites (tertiary alicyclic amines) is 1. The van der Waals surface area contributed by atoms with Crippen molar-refractivity contribution in [3.05, 3.63) is 65.7 Å². The summed E-state index contributed by atoms with van der Waals surface area (Å²) in [5.74, 6) is 1.87. The lowest BCUT2D eigenvalue weighted by atomic mass is 10.1. The van der Waals surface area contributed by atoms with Crippen LogP contribution < -0.4 is 10.1 Å². The molecule has 1 saturated heterocycles. The third kappa shape index (κ3) is 4.76. The number of carbonyl (C=O) groups is 1. The molecule has 1 aliphatic rings. The number of benzene rings is 2. The van der Waals surface area contributed by atoms with Gasteiger partial charge in [-0.15, -0.1) is 0 Å². The lowest BCUT2D eigenvalue weighted by Gasteiger charge is -2.17. The predicted molar refractivity (Wildman–Crippen MR) is 108 cm³/mol. The summed E-state index contributed by atoms with van der Waals surface area (Å²) in [6.07, 6.45) is 1.54. The molecule has 1 atom stereocenters. The molecule has 1 unspecified atom stereocenters. The van der Waals surface area contributed by atoms with E-state index in [-0.39, 0.29) is 17.8 Å². The van der Waals surface area contributed by atoms with Gasteiger partial charge in [0, 0.05) is 31.6 Å². The molecule has 0 aliphatic carbocycles. The minimum Gasteiger partial charge on any atom is -0.497 e. The summed E-state index contributed by atoms with van der Waals surface area (Å²) < 4.78 is 23.5. The van der Waals surface area contributed by atoms with Crippen molar-refractivity contribution in [3.63, 3.8) is 0 Å². The Morgan fingerprint density at radius 1 is 1.23 bits per heavy atom. The van der Waals surface area contributed by atoms with Crippen molar-refractivity contribution in [3.8, 4) is 17.2 Å². The van der Waals surface area contributed by atoms with Gasteiger partial charge < -0.3 is 19.5 Å². The molecule has 1 fully saturated rings. The molecule has 8 heteroatoms. The first-order chi connectivity index (χ1) is 14.6. The van der Waals surface area contributed by atoms with Gasteiger partial charge in [0.05, 0.1) is 7.11 Å². The molecular weight excluding hydrogens is 387 g/mol. The summed E-state index contributed by atoms with van der Waals surface area (Å²) in [4.78, 5) is 18.7. The molecular formula is C22H23FN4O3. The monoisotopic (exact) mass is 410 g/mol. The van der Waals surface area contributed by atoms with Crippen molar-refractivity contribution in [2.75, 3.05) is 20.2 Å². The topological polar surface area (TPSA) is 80.5 Å². The number of aromatic nitrogens is 2. The molecule has 1 N–H and O–H groups in total. The van der Waals surface area contributed by atoms with Crippen LogP contribution in [0.25, 0.3) is 11.5 Å². The van der Waals surface area contributed by atoms with E-state index < -0.39 is 0 Å². The van der Waals surface area contributed by atoms with E-state index in [0.717, 1.165) is 23.3 Å². The van der Waals surface area contributed by atoms with E-state index in [0.29, 0.717) is 37.8 Å². The van der Waals surface area contributed by atoms with Gasteiger partial charge in [0.15, 0.2) is 5.82 Å². The number of nitrogens with zero attached hydrogens (tertiary/aromatic N) is 3. The highest BCUT2D eigenvalue weighted by atomic mass is 19.1. The van der Waals surface area contributed by atoms with Crippen LogP contribution in [0.1, 0.15) is 17.8 Å². The number of methoxy groups -OCH3 is 1. The fraction of sp³-hybridized carbons (Fsp3) is 0.318. The molecule has 0 bridgehead atoms. The molecule has 3 aromatic rings. The van der Waals surface area contributed by atoms with E-state index in [9.17, 15) is 9.18 Å². The van der Waals surface area contributed by atoms with E-state index in [1.807, 2.05) is 24.3 Å². The van der Waals surface area contributed by atoms with Crippen LogP contribution in [0.3, 0.4) is 0 Å². The molecule has 2 heterocycles. The maximum absolute atomic E-state index is 13.0. The Bertz CT molecular complexity index is 988. The van der Waals surface area contributed by atoms with Gasteiger partial charge in [-0.25, -0.2) is 9.18 Å². The Balaban J connectivity index is 1.28. The van der Waals surface area contributed by atoms with E-state index in [4.69, 9.17) is 9.26 Å².